The molecule has 0 aromatic rings. The van der Waals surface area contributed by atoms with E-state index < -0.39 is 14.8 Å². The molecule has 0 saturated carbocycles. The van der Waals surface area contributed by atoms with E-state index in [0.29, 0.717) is 6.04 Å². The van der Waals surface area contributed by atoms with Gasteiger partial charge in [0, 0.05) is 24.4 Å². The molecular weight excluding hydrogens is 312 g/mol. The molecule has 0 heterocycles. The van der Waals surface area contributed by atoms with Gasteiger partial charge in [-0.25, -0.2) is 4.79 Å². The predicted octanol–water partition coefficient (Wildman–Crippen LogP) is 4.10. The number of hydrogen-bond acceptors (Lipinski definition) is 5. The van der Waals surface area contributed by atoms with E-state index in [1.165, 1.54) is 0 Å². The van der Waals surface area contributed by atoms with E-state index in [9.17, 15) is 4.79 Å². The highest BCUT2D eigenvalue weighted by molar-refractivity contribution is 6.61. The van der Waals surface area contributed by atoms with Gasteiger partial charge in [0.05, 0.1) is 12.7 Å². The lowest BCUT2D eigenvalue weighted by Crippen LogP contribution is -2.52. The molecule has 0 saturated heterocycles. The summed E-state index contributed by atoms with van der Waals surface area (Å²) in [6.45, 7) is 15.8. The van der Waals surface area contributed by atoms with Gasteiger partial charge in [0.15, 0.2) is 0 Å². The molecule has 0 rings (SSSR count). The van der Waals surface area contributed by atoms with Crippen molar-refractivity contribution >= 4 is 14.8 Å². The molecule has 0 bridgehead atoms. The fraction of sp³-hybridized carbons (Fsp3) is 0.824. The quantitative estimate of drug-likeness (QED) is 0.285. The zero-order valence-electron chi connectivity index (χ0n) is 15.6. The van der Waals surface area contributed by atoms with Crippen LogP contribution in [0.15, 0.2) is 12.7 Å². The molecule has 5 nitrogen and oxygen atoms in total. The Morgan fingerprint density at radius 2 is 1.35 bits per heavy atom. The second-order valence-corrected chi connectivity index (χ2v) is 8.39. The van der Waals surface area contributed by atoms with Crippen LogP contribution in [-0.2, 0) is 22.8 Å². The lowest BCUT2D eigenvalue weighted by atomic mass is 10.3. The third-order valence-electron chi connectivity index (χ3n) is 3.69. The Morgan fingerprint density at radius 1 is 0.957 bits per heavy atom. The Kier molecular flexibility index (Phi) is 11.4. The minimum Gasteiger partial charge on any atom is -0.463 e. The molecule has 0 fully saturated rings. The van der Waals surface area contributed by atoms with Gasteiger partial charge in [0.25, 0.3) is 0 Å². The van der Waals surface area contributed by atoms with Crippen molar-refractivity contribution in [3.63, 3.8) is 0 Å². The van der Waals surface area contributed by atoms with Crippen molar-refractivity contribution in [2.75, 3.05) is 6.61 Å². The Hall–Kier alpha value is -0.693. The van der Waals surface area contributed by atoms with Gasteiger partial charge >= 0.3 is 14.8 Å². The maximum atomic E-state index is 11.3. The SMILES string of the molecule is C=CC(=O)OCC[Si](OC(C)CC)(OC(C)CC)OC(C)CC. The number of carbonyl (C=O) groups is 1. The van der Waals surface area contributed by atoms with E-state index in [4.69, 9.17) is 18.0 Å². The molecule has 0 aliphatic carbocycles. The molecule has 3 atom stereocenters. The Bertz CT molecular complexity index is 317. The standard InChI is InChI=1S/C17H34O5Si/c1-8-14(5)20-23(21-15(6)9-2,22-16(7)10-3)13-12-19-17(18)11-4/h11,14-16H,4,8-10,12-13H2,1-3,5-7H3. The van der Waals surface area contributed by atoms with Gasteiger partial charge in [-0.15, -0.1) is 0 Å². The number of esters is 1. The Labute approximate surface area is 142 Å². The van der Waals surface area contributed by atoms with Crippen LogP contribution in [-0.4, -0.2) is 39.7 Å². The van der Waals surface area contributed by atoms with Gasteiger partial charge in [0.1, 0.15) is 0 Å². The van der Waals surface area contributed by atoms with E-state index >= 15 is 0 Å². The highest BCUT2D eigenvalue weighted by Crippen LogP contribution is 2.24. The van der Waals surface area contributed by atoms with Crippen molar-refractivity contribution in [3.05, 3.63) is 12.7 Å². The zero-order valence-corrected chi connectivity index (χ0v) is 16.6. The fourth-order valence-corrected chi connectivity index (χ4v) is 4.98. The van der Waals surface area contributed by atoms with E-state index in [1.54, 1.807) is 0 Å². The molecule has 0 radical (unpaired) electrons. The molecule has 0 aliphatic heterocycles. The third kappa shape index (κ3) is 9.25. The minimum absolute atomic E-state index is 0.0323. The van der Waals surface area contributed by atoms with Gasteiger partial charge in [-0.3, -0.25) is 0 Å². The number of ether oxygens (including phenoxy) is 1. The number of hydrogen-bond donors (Lipinski definition) is 0. The minimum atomic E-state index is -2.94. The third-order valence-corrected chi connectivity index (χ3v) is 6.79. The van der Waals surface area contributed by atoms with Gasteiger partial charge in [-0.05, 0) is 40.0 Å². The summed E-state index contributed by atoms with van der Waals surface area (Å²) in [7, 11) is -2.94. The highest BCUT2D eigenvalue weighted by atomic mass is 28.4. The molecule has 6 heteroatoms. The van der Waals surface area contributed by atoms with E-state index in [0.717, 1.165) is 25.3 Å². The van der Waals surface area contributed by atoms with Crippen LogP contribution in [0.2, 0.25) is 6.04 Å². The van der Waals surface area contributed by atoms with E-state index in [1.807, 2.05) is 20.8 Å². The lowest BCUT2D eigenvalue weighted by molar-refractivity contribution is -0.137. The van der Waals surface area contributed by atoms with Gasteiger partial charge < -0.3 is 18.0 Å². The van der Waals surface area contributed by atoms with Gasteiger partial charge in [-0.2, -0.15) is 0 Å². The number of carbonyl (C=O) groups excluding carboxylic acids is 1. The molecule has 0 aromatic heterocycles. The molecule has 3 unspecified atom stereocenters. The van der Waals surface area contributed by atoms with Crippen molar-refractivity contribution in [2.45, 2.75) is 85.2 Å². The summed E-state index contributed by atoms with van der Waals surface area (Å²) in [5.41, 5.74) is 0. The van der Waals surface area contributed by atoms with Crippen molar-refractivity contribution in [1.82, 2.24) is 0 Å². The highest BCUT2D eigenvalue weighted by Gasteiger charge is 2.45. The summed E-state index contributed by atoms with van der Waals surface area (Å²) in [6.07, 6.45) is 3.86. The first-order valence-electron chi connectivity index (χ1n) is 8.64. The lowest BCUT2D eigenvalue weighted by Gasteiger charge is -2.36. The van der Waals surface area contributed by atoms with Crippen LogP contribution in [0.1, 0.15) is 60.8 Å². The molecule has 0 amide bonds. The maximum Gasteiger partial charge on any atom is 0.505 e. The molecular formula is C17H34O5Si. The monoisotopic (exact) mass is 346 g/mol. The molecule has 136 valence electrons. The maximum absolute atomic E-state index is 11.3. The Morgan fingerprint density at radius 3 is 1.65 bits per heavy atom. The second-order valence-electron chi connectivity index (χ2n) is 5.81. The van der Waals surface area contributed by atoms with Crippen molar-refractivity contribution in [3.8, 4) is 0 Å². The van der Waals surface area contributed by atoms with Crippen LogP contribution in [0.3, 0.4) is 0 Å². The molecule has 0 N–H and O–H groups in total. The number of rotatable bonds is 13. The zero-order chi connectivity index (χ0) is 17.9. The molecule has 23 heavy (non-hydrogen) atoms. The summed E-state index contributed by atoms with van der Waals surface area (Å²) in [6, 6.07) is 0.450. The van der Waals surface area contributed by atoms with Crippen molar-refractivity contribution in [1.29, 1.82) is 0 Å². The van der Waals surface area contributed by atoms with Gasteiger partial charge in [0.2, 0.25) is 0 Å². The Balaban J connectivity index is 5.16. The first-order chi connectivity index (χ1) is 10.8. The van der Waals surface area contributed by atoms with Crippen molar-refractivity contribution in [2.24, 2.45) is 0 Å². The predicted molar refractivity (Wildman–Crippen MR) is 94.2 cm³/mol. The van der Waals surface area contributed by atoms with Crippen LogP contribution in [0, 0.1) is 0 Å². The van der Waals surface area contributed by atoms with Gasteiger partial charge in [-0.1, -0.05) is 27.4 Å². The van der Waals surface area contributed by atoms with E-state index in [2.05, 4.69) is 27.4 Å². The smallest absolute Gasteiger partial charge is 0.463 e. The van der Waals surface area contributed by atoms with Crippen LogP contribution in [0.4, 0.5) is 0 Å². The largest absolute Gasteiger partial charge is 0.505 e. The molecule has 0 spiro atoms. The fourth-order valence-electron chi connectivity index (χ4n) is 1.77. The summed E-state index contributed by atoms with van der Waals surface area (Å²) in [5, 5.41) is 0. The summed E-state index contributed by atoms with van der Waals surface area (Å²) in [5.74, 6) is -0.441. The molecule has 0 aromatic carbocycles. The summed E-state index contributed by atoms with van der Waals surface area (Å²) >= 11 is 0. The first kappa shape index (κ1) is 22.3. The van der Waals surface area contributed by atoms with Crippen molar-refractivity contribution < 1.29 is 22.8 Å². The molecule has 0 aliphatic rings. The summed E-state index contributed by atoms with van der Waals surface area (Å²) in [4.78, 5) is 11.3. The second kappa shape index (κ2) is 11.8. The van der Waals surface area contributed by atoms with Crippen LogP contribution < -0.4 is 0 Å². The van der Waals surface area contributed by atoms with Crippen LogP contribution >= 0.6 is 0 Å². The average molecular weight is 347 g/mol. The topological polar surface area (TPSA) is 54.0 Å². The first-order valence-corrected chi connectivity index (χ1v) is 10.6. The normalized spacial score (nSPS) is 17.8. The summed E-state index contributed by atoms with van der Waals surface area (Å²) < 4.78 is 23.8. The van der Waals surface area contributed by atoms with Crippen LogP contribution in [0.25, 0.3) is 0 Å². The van der Waals surface area contributed by atoms with E-state index in [-0.39, 0.29) is 24.9 Å². The van der Waals surface area contributed by atoms with Crippen LogP contribution in [0.5, 0.6) is 0 Å². The average Bonchev–Trinajstić information content (AvgIpc) is 2.53.